The number of benzene rings is 2. The molecule has 0 saturated carbocycles. The second-order valence-electron chi connectivity index (χ2n) is 9.77. The summed E-state index contributed by atoms with van der Waals surface area (Å²) in [7, 11) is 0. The summed E-state index contributed by atoms with van der Waals surface area (Å²) < 4.78 is 9.46. The van der Waals surface area contributed by atoms with Crippen molar-refractivity contribution in [2.24, 2.45) is 4.99 Å². The smallest absolute Gasteiger partial charge is 0.338 e. The standard InChI is InChI=1S/C31H25ClN4O3S2/c1-18(2)39-30(38)26-19(3)33-31-36(28(26)24-10-7-15-40-24)29(37)25(41-31)16-21-17-35(23-8-5-4-6-9-23)34-27(21)20-11-13-22(32)14-12-20/h4-18,28H,1-3H3/b25-16+. The van der Waals surface area contributed by atoms with E-state index in [0.29, 0.717) is 31.3 Å². The van der Waals surface area contributed by atoms with Crippen LogP contribution in [0.4, 0.5) is 0 Å². The molecule has 0 amide bonds. The summed E-state index contributed by atoms with van der Waals surface area (Å²) in [5.74, 6) is -0.469. The molecule has 0 radical (unpaired) electrons. The van der Waals surface area contributed by atoms with Crippen LogP contribution in [0.3, 0.4) is 0 Å². The van der Waals surface area contributed by atoms with Gasteiger partial charge < -0.3 is 4.74 Å². The maximum Gasteiger partial charge on any atom is 0.338 e. The zero-order chi connectivity index (χ0) is 28.7. The van der Waals surface area contributed by atoms with E-state index in [4.69, 9.17) is 26.4 Å². The lowest BCUT2D eigenvalue weighted by Crippen LogP contribution is -2.39. The molecular weight excluding hydrogens is 576 g/mol. The largest absolute Gasteiger partial charge is 0.459 e. The average Bonchev–Trinajstić information content (AvgIpc) is 3.69. The summed E-state index contributed by atoms with van der Waals surface area (Å²) in [4.78, 5) is 33.4. The molecule has 1 aliphatic rings. The van der Waals surface area contributed by atoms with Crippen molar-refractivity contribution in [2.75, 3.05) is 0 Å². The first-order valence-electron chi connectivity index (χ1n) is 13.0. The minimum absolute atomic E-state index is 0.232. The molecule has 5 aromatic rings. The van der Waals surface area contributed by atoms with Crippen LogP contribution in [0.15, 0.2) is 99.4 Å². The summed E-state index contributed by atoms with van der Waals surface area (Å²) in [6.45, 7) is 5.39. The maximum absolute atomic E-state index is 14.1. The van der Waals surface area contributed by atoms with E-state index in [1.807, 2.05) is 84.4 Å². The monoisotopic (exact) mass is 600 g/mol. The fourth-order valence-electron chi connectivity index (χ4n) is 4.76. The molecule has 6 rings (SSSR count). The van der Waals surface area contributed by atoms with Crippen molar-refractivity contribution in [2.45, 2.75) is 32.9 Å². The van der Waals surface area contributed by atoms with Crippen molar-refractivity contribution in [1.29, 1.82) is 0 Å². The fraction of sp³-hybridized carbons (Fsp3) is 0.161. The van der Waals surface area contributed by atoms with Gasteiger partial charge in [0.05, 0.1) is 27.6 Å². The van der Waals surface area contributed by atoms with Crippen molar-refractivity contribution in [1.82, 2.24) is 14.3 Å². The molecule has 0 fully saturated rings. The Kier molecular flexibility index (Phi) is 7.33. The lowest BCUT2D eigenvalue weighted by atomic mass is 10.0. The van der Waals surface area contributed by atoms with E-state index < -0.39 is 12.0 Å². The van der Waals surface area contributed by atoms with Gasteiger partial charge in [0.15, 0.2) is 4.80 Å². The van der Waals surface area contributed by atoms with Crippen molar-refractivity contribution < 1.29 is 9.53 Å². The lowest BCUT2D eigenvalue weighted by Gasteiger charge is -2.24. The summed E-state index contributed by atoms with van der Waals surface area (Å²) in [6.07, 6.45) is 3.45. The third kappa shape index (κ3) is 5.24. The molecule has 0 N–H and O–H groups in total. The normalized spacial score (nSPS) is 15.2. The van der Waals surface area contributed by atoms with E-state index in [-0.39, 0.29) is 11.7 Å². The number of fused-ring (bicyclic) bond motifs is 1. The second kappa shape index (κ2) is 11.1. The molecular formula is C31H25ClN4O3S2. The predicted octanol–water partition coefficient (Wildman–Crippen LogP) is 5.75. The van der Waals surface area contributed by atoms with Crippen LogP contribution in [0, 0.1) is 0 Å². The van der Waals surface area contributed by atoms with Gasteiger partial charge in [0.2, 0.25) is 0 Å². The molecule has 1 atom stereocenters. The van der Waals surface area contributed by atoms with Crippen LogP contribution in [0.5, 0.6) is 0 Å². The van der Waals surface area contributed by atoms with Crippen LogP contribution >= 0.6 is 34.3 Å². The van der Waals surface area contributed by atoms with Crippen LogP contribution in [0.1, 0.15) is 37.3 Å². The Hall–Kier alpha value is -4.05. The van der Waals surface area contributed by atoms with Gasteiger partial charge in [-0.3, -0.25) is 9.36 Å². The number of para-hydroxylation sites is 1. The molecule has 0 bridgehead atoms. The molecule has 3 aromatic heterocycles. The third-order valence-corrected chi connectivity index (χ3v) is 8.72. The Morgan fingerprint density at radius 1 is 1.07 bits per heavy atom. The van der Waals surface area contributed by atoms with Crippen molar-refractivity contribution in [3.8, 4) is 16.9 Å². The number of allylic oxidation sites excluding steroid dienone is 1. The fourth-order valence-corrected chi connectivity index (χ4v) is 6.74. The molecule has 41 heavy (non-hydrogen) atoms. The Morgan fingerprint density at radius 2 is 1.83 bits per heavy atom. The van der Waals surface area contributed by atoms with E-state index in [9.17, 15) is 9.59 Å². The molecule has 0 spiro atoms. The molecule has 2 aromatic carbocycles. The number of hydrogen-bond acceptors (Lipinski definition) is 7. The third-order valence-electron chi connectivity index (χ3n) is 6.56. The number of ether oxygens (including phenoxy) is 1. The highest BCUT2D eigenvalue weighted by atomic mass is 35.5. The molecule has 10 heteroatoms. The lowest BCUT2D eigenvalue weighted by molar-refractivity contribution is -0.143. The highest BCUT2D eigenvalue weighted by molar-refractivity contribution is 7.10. The number of halogens is 1. The van der Waals surface area contributed by atoms with E-state index in [0.717, 1.165) is 21.7 Å². The molecule has 4 heterocycles. The van der Waals surface area contributed by atoms with E-state index in [1.54, 1.807) is 30.0 Å². The minimum Gasteiger partial charge on any atom is -0.459 e. The van der Waals surface area contributed by atoms with Crippen molar-refractivity contribution in [3.63, 3.8) is 0 Å². The number of thiazole rings is 1. The van der Waals surface area contributed by atoms with Gasteiger partial charge in [-0.25, -0.2) is 14.5 Å². The summed E-state index contributed by atoms with van der Waals surface area (Å²) in [6, 6.07) is 20.5. The Labute approximate surface area is 249 Å². The van der Waals surface area contributed by atoms with Gasteiger partial charge in [0.25, 0.3) is 5.56 Å². The summed E-state index contributed by atoms with van der Waals surface area (Å²) in [5.41, 5.74) is 3.93. The number of thiophene rings is 1. The second-order valence-corrected chi connectivity index (χ2v) is 12.2. The minimum atomic E-state index is -0.623. The van der Waals surface area contributed by atoms with Crippen LogP contribution in [-0.2, 0) is 9.53 Å². The first-order valence-corrected chi connectivity index (χ1v) is 15.1. The molecule has 206 valence electrons. The van der Waals surface area contributed by atoms with Gasteiger partial charge in [-0.05, 0) is 62.6 Å². The Balaban J connectivity index is 1.54. The van der Waals surface area contributed by atoms with Crippen molar-refractivity contribution in [3.05, 3.63) is 125 Å². The first-order chi connectivity index (χ1) is 19.8. The quantitative estimate of drug-likeness (QED) is 0.232. The summed E-state index contributed by atoms with van der Waals surface area (Å²) >= 11 is 8.93. The number of hydrogen-bond donors (Lipinski definition) is 0. The number of carbonyl (C=O) groups excluding carboxylic acids is 1. The number of carbonyl (C=O) groups is 1. The van der Waals surface area contributed by atoms with Gasteiger partial charge in [-0.2, -0.15) is 5.10 Å². The molecule has 1 unspecified atom stereocenters. The molecule has 7 nitrogen and oxygen atoms in total. The number of aromatic nitrogens is 3. The van der Waals surface area contributed by atoms with E-state index >= 15 is 0 Å². The van der Waals surface area contributed by atoms with Crippen LogP contribution < -0.4 is 14.9 Å². The van der Waals surface area contributed by atoms with Crippen molar-refractivity contribution >= 4 is 46.3 Å². The van der Waals surface area contributed by atoms with Crippen LogP contribution in [0.25, 0.3) is 23.0 Å². The highest BCUT2D eigenvalue weighted by Crippen LogP contribution is 2.33. The molecule has 1 aliphatic heterocycles. The Morgan fingerprint density at radius 3 is 2.51 bits per heavy atom. The molecule has 0 aliphatic carbocycles. The first kappa shape index (κ1) is 27.1. The van der Waals surface area contributed by atoms with Gasteiger partial charge in [-0.15, -0.1) is 11.3 Å². The molecule has 0 saturated heterocycles. The average molecular weight is 601 g/mol. The van der Waals surface area contributed by atoms with Gasteiger partial charge in [0.1, 0.15) is 11.7 Å². The zero-order valence-electron chi connectivity index (χ0n) is 22.4. The summed E-state index contributed by atoms with van der Waals surface area (Å²) in [5, 5.41) is 7.43. The maximum atomic E-state index is 14.1. The topological polar surface area (TPSA) is 78.5 Å². The van der Waals surface area contributed by atoms with E-state index in [1.165, 1.54) is 22.7 Å². The van der Waals surface area contributed by atoms with Gasteiger partial charge >= 0.3 is 5.97 Å². The zero-order valence-corrected chi connectivity index (χ0v) is 24.8. The predicted molar refractivity (Wildman–Crippen MR) is 163 cm³/mol. The van der Waals surface area contributed by atoms with Crippen LogP contribution in [-0.4, -0.2) is 26.4 Å². The number of nitrogens with zero attached hydrogens (tertiary/aromatic N) is 4. The number of rotatable bonds is 6. The SMILES string of the molecule is CC1=C(C(=O)OC(C)C)C(c2cccs2)n2c(s/c(=C/c3cn(-c4ccccc4)nc3-c3ccc(Cl)cc3)c2=O)=N1. The van der Waals surface area contributed by atoms with Gasteiger partial charge in [0, 0.05) is 27.2 Å². The Bertz CT molecular complexity index is 1950. The number of esters is 1. The van der Waals surface area contributed by atoms with Gasteiger partial charge in [-0.1, -0.05) is 59.3 Å². The van der Waals surface area contributed by atoms with Crippen LogP contribution in [0.2, 0.25) is 5.02 Å². The highest BCUT2D eigenvalue weighted by Gasteiger charge is 2.34. The van der Waals surface area contributed by atoms with E-state index in [2.05, 4.69) is 0 Å².